The molecule has 0 aromatic heterocycles. The molecular formula is C22H24N2O8. The molecular weight excluding hydrogens is 420 g/mol. The van der Waals surface area contributed by atoms with Crippen LogP contribution in [0.25, 0.3) is 10.8 Å². The van der Waals surface area contributed by atoms with Crippen LogP contribution in [-0.2, 0) is 19.2 Å². The van der Waals surface area contributed by atoms with Crippen molar-refractivity contribution in [3.8, 4) is 5.75 Å². The Morgan fingerprint density at radius 1 is 1.03 bits per heavy atom. The van der Waals surface area contributed by atoms with Gasteiger partial charge in [-0.15, -0.1) is 0 Å². The summed E-state index contributed by atoms with van der Waals surface area (Å²) in [6, 6.07) is 7.67. The average molecular weight is 444 g/mol. The Labute approximate surface area is 183 Å². The molecule has 0 bridgehead atoms. The minimum absolute atomic E-state index is 0.000578. The minimum atomic E-state index is -1.26. The van der Waals surface area contributed by atoms with E-state index in [2.05, 4.69) is 10.6 Å². The first-order chi connectivity index (χ1) is 15.1. The molecule has 0 saturated carbocycles. The summed E-state index contributed by atoms with van der Waals surface area (Å²) < 4.78 is 5.43. The number of aromatic carboxylic acids is 1. The number of hydrogen-bond acceptors (Lipinski definition) is 6. The highest BCUT2D eigenvalue weighted by Gasteiger charge is 2.27. The van der Waals surface area contributed by atoms with Crippen LogP contribution in [0.15, 0.2) is 36.4 Å². The quantitative estimate of drug-likeness (QED) is 0.376. The van der Waals surface area contributed by atoms with Crippen LogP contribution in [0.1, 0.15) is 30.6 Å². The molecule has 0 spiro atoms. The van der Waals surface area contributed by atoms with Gasteiger partial charge in [-0.2, -0.15) is 0 Å². The maximum Gasteiger partial charge on any atom is 0.340 e. The summed E-state index contributed by atoms with van der Waals surface area (Å²) in [6.45, 7) is 2.76. The number of carbonyl (C=O) groups is 5. The van der Waals surface area contributed by atoms with E-state index in [9.17, 15) is 29.1 Å². The zero-order valence-electron chi connectivity index (χ0n) is 17.5. The highest BCUT2D eigenvalue weighted by atomic mass is 16.5. The van der Waals surface area contributed by atoms with Gasteiger partial charge >= 0.3 is 11.9 Å². The van der Waals surface area contributed by atoms with E-state index in [1.807, 2.05) is 0 Å². The van der Waals surface area contributed by atoms with Crippen molar-refractivity contribution in [1.29, 1.82) is 0 Å². The highest BCUT2D eigenvalue weighted by Crippen LogP contribution is 2.28. The first kappa shape index (κ1) is 24.3. The maximum atomic E-state index is 12.4. The lowest BCUT2D eigenvalue weighted by Gasteiger charge is -2.23. The van der Waals surface area contributed by atoms with Crippen LogP contribution in [0, 0.1) is 5.92 Å². The summed E-state index contributed by atoms with van der Waals surface area (Å²) >= 11 is 0. The second-order valence-corrected chi connectivity index (χ2v) is 7.39. The molecule has 170 valence electrons. The van der Waals surface area contributed by atoms with Crippen molar-refractivity contribution >= 4 is 40.8 Å². The highest BCUT2D eigenvalue weighted by molar-refractivity contribution is 6.06. The van der Waals surface area contributed by atoms with E-state index in [1.165, 1.54) is 6.07 Å². The lowest BCUT2D eigenvalue weighted by atomic mass is 10.0. The number of hydrogen-bond donors (Lipinski definition) is 4. The molecule has 0 aliphatic rings. The first-order valence-corrected chi connectivity index (χ1v) is 9.78. The fourth-order valence-corrected chi connectivity index (χ4v) is 3.08. The third kappa shape index (κ3) is 6.27. The Hall–Kier alpha value is -3.95. The third-order valence-electron chi connectivity index (χ3n) is 4.62. The number of nitrogens with one attached hydrogen (secondary N) is 2. The summed E-state index contributed by atoms with van der Waals surface area (Å²) in [5.74, 6) is -4.26. The van der Waals surface area contributed by atoms with Gasteiger partial charge in [0.1, 0.15) is 23.6 Å². The Morgan fingerprint density at radius 3 is 2.31 bits per heavy atom. The van der Waals surface area contributed by atoms with Crippen LogP contribution >= 0.6 is 0 Å². The second-order valence-electron chi connectivity index (χ2n) is 7.39. The van der Waals surface area contributed by atoms with Gasteiger partial charge in [-0.25, -0.2) is 4.79 Å². The van der Waals surface area contributed by atoms with Gasteiger partial charge in [0, 0.05) is 0 Å². The molecule has 2 atom stereocenters. The van der Waals surface area contributed by atoms with Crippen molar-refractivity contribution in [3.63, 3.8) is 0 Å². The first-order valence-electron chi connectivity index (χ1n) is 9.78. The molecule has 0 aliphatic carbocycles. The number of benzene rings is 2. The van der Waals surface area contributed by atoms with Crippen LogP contribution in [0.2, 0.25) is 0 Å². The molecule has 2 aromatic carbocycles. The molecule has 0 radical (unpaired) electrons. The molecule has 0 heterocycles. The van der Waals surface area contributed by atoms with E-state index in [4.69, 9.17) is 9.84 Å². The lowest BCUT2D eigenvalue weighted by Crippen LogP contribution is -2.53. The number of aliphatic carboxylic acids is 1. The molecule has 32 heavy (non-hydrogen) atoms. The van der Waals surface area contributed by atoms with E-state index in [0.29, 0.717) is 17.1 Å². The van der Waals surface area contributed by atoms with E-state index < -0.39 is 48.9 Å². The third-order valence-corrected chi connectivity index (χ3v) is 4.62. The van der Waals surface area contributed by atoms with Gasteiger partial charge < -0.3 is 30.4 Å². The standard InChI is InChI=1S/C22H24N2O8/c1-12(2)20(21(29)23-14(10-25)9-18(27)28)24-17(26)11-32-16-8-7-13-5-3-4-6-15(13)19(16)22(30)31/h3-8,10,12,14,20H,9,11H2,1-2H3,(H,23,29)(H,24,26)(H,27,28)(H,30,31)/t14-,20-/m0/s1. The normalized spacial score (nSPS) is 12.6. The van der Waals surface area contributed by atoms with Crippen molar-refractivity contribution < 1.29 is 38.9 Å². The maximum absolute atomic E-state index is 12.4. The number of carbonyl (C=O) groups excluding carboxylic acids is 3. The monoisotopic (exact) mass is 444 g/mol. The van der Waals surface area contributed by atoms with E-state index in [0.717, 1.165) is 0 Å². The molecule has 2 aromatic rings. The number of aldehydes is 1. The molecule has 10 nitrogen and oxygen atoms in total. The van der Waals surface area contributed by atoms with Crippen molar-refractivity contribution in [3.05, 3.63) is 42.0 Å². The van der Waals surface area contributed by atoms with E-state index >= 15 is 0 Å². The molecule has 2 amide bonds. The number of carboxylic acids is 2. The van der Waals surface area contributed by atoms with Gasteiger partial charge in [0.05, 0.1) is 12.5 Å². The molecule has 0 aliphatic heterocycles. The Kier molecular flexibility index (Phi) is 8.28. The predicted octanol–water partition coefficient (Wildman–Crippen LogP) is 1.22. The van der Waals surface area contributed by atoms with Crippen molar-refractivity contribution in [1.82, 2.24) is 10.6 Å². The van der Waals surface area contributed by atoms with Gasteiger partial charge in [-0.05, 0) is 22.8 Å². The largest absolute Gasteiger partial charge is 0.483 e. The molecule has 0 fully saturated rings. The van der Waals surface area contributed by atoms with Crippen LogP contribution in [0.4, 0.5) is 0 Å². The van der Waals surface area contributed by atoms with Gasteiger partial charge in [0.15, 0.2) is 6.61 Å². The van der Waals surface area contributed by atoms with E-state index in [1.54, 1.807) is 44.2 Å². The summed E-state index contributed by atoms with van der Waals surface area (Å²) in [4.78, 5) is 58.3. The van der Waals surface area contributed by atoms with Gasteiger partial charge in [-0.3, -0.25) is 14.4 Å². The predicted molar refractivity (Wildman–Crippen MR) is 113 cm³/mol. The molecule has 10 heteroatoms. The molecule has 4 N–H and O–H groups in total. The van der Waals surface area contributed by atoms with Crippen molar-refractivity contribution in [2.24, 2.45) is 5.92 Å². The number of carboxylic acid groups (broad SMARTS) is 2. The average Bonchev–Trinajstić information content (AvgIpc) is 2.74. The van der Waals surface area contributed by atoms with Crippen molar-refractivity contribution in [2.75, 3.05) is 6.61 Å². The van der Waals surface area contributed by atoms with Gasteiger partial charge in [-0.1, -0.05) is 44.2 Å². The summed E-state index contributed by atoms with van der Waals surface area (Å²) in [5, 5.41) is 24.3. The Morgan fingerprint density at radius 2 is 1.72 bits per heavy atom. The van der Waals surface area contributed by atoms with Gasteiger partial charge in [0.2, 0.25) is 5.91 Å². The Bertz CT molecular complexity index is 1030. The minimum Gasteiger partial charge on any atom is -0.483 e. The number of ether oxygens (including phenoxy) is 1. The van der Waals surface area contributed by atoms with E-state index in [-0.39, 0.29) is 17.2 Å². The summed E-state index contributed by atoms with van der Waals surface area (Å²) in [6.07, 6.45) is -0.279. The molecule has 0 saturated heterocycles. The topological polar surface area (TPSA) is 159 Å². The number of rotatable bonds is 11. The summed E-state index contributed by atoms with van der Waals surface area (Å²) in [5.41, 5.74) is -0.0865. The zero-order chi connectivity index (χ0) is 23.8. The fraction of sp³-hybridized carbons (Fsp3) is 0.318. The van der Waals surface area contributed by atoms with Crippen LogP contribution in [0.5, 0.6) is 5.75 Å². The Balaban J connectivity index is 2.09. The SMILES string of the molecule is CC(C)[C@H](NC(=O)COc1ccc2ccccc2c1C(=O)O)C(=O)N[C@H](C=O)CC(=O)O. The molecule has 0 unspecified atom stereocenters. The van der Waals surface area contributed by atoms with Crippen LogP contribution in [-0.4, -0.2) is 58.9 Å². The molecule has 2 rings (SSSR count). The number of amides is 2. The fourth-order valence-electron chi connectivity index (χ4n) is 3.08. The van der Waals surface area contributed by atoms with Gasteiger partial charge in [0.25, 0.3) is 5.91 Å². The van der Waals surface area contributed by atoms with Crippen LogP contribution in [0.3, 0.4) is 0 Å². The smallest absolute Gasteiger partial charge is 0.340 e. The van der Waals surface area contributed by atoms with Crippen LogP contribution < -0.4 is 15.4 Å². The second kappa shape index (κ2) is 10.9. The number of fused-ring (bicyclic) bond motifs is 1. The van der Waals surface area contributed by atoms with Crippen molar-refractivity contribution in [2.45, 2.75) is 32.4 Å². The lowest BCUT2D eigenvalue weighted by molar-refractivity contribution is -0.139. The zero-order valence-corrected chi connectivity index (χ0v) is 17.5. The summed E-state index contributed by atoms with van der Waals surface area (Å²) in [7, 11) is 0.